The maximum atomic E-state index is 12.9. The van der Waals surface area contributed by atoms with E-state index in [0.29, 0.717) is 17.6 Å². The number of rotatable bonds is 10. The molecular weight excluding hydrogens is 444 g/mol. The van der Waals surface area contributed by atoms with Crippen molar-refractivity contribution in [3.8, 4) is 22.5 Å². The molecule has 0 bridgehead atoms. The highest BCUT2D eigenvalue weighted by Crippen LogP contribution is 2.32. The van der Waals surface area contributed by atoms with Gasteiger partial charge in [0, 0.05) is 29.8 Å². The quantitative estimate of drug-likeness (QED) is 0.284. The van der Waals surface area contributed by atoms with Crippen molar-refractivity contribution in [3.05, 3.63) is 83.4 Å². The molecule has 0 spiro atoms. The molecule has 36 heavy (non-hydrogen) atoms. The Morgan fingerprint density at radius 3 is 1.89 bits per heavy atom. The molecule has 1 aromatic heterocycles. The molecule has 0 unspecified atom stereocenters. The molecule has 0 atom stereocenters. The maximum absolute atomic E-state index is 12.9. The number of amides is 1. The van der Waals surface area contributed by atoms with Gasteiger partial charge in [-0.05, 0) is 70.1 Å². The van der Waals surface area contributed by atoms with Crippen molar-refractivity contribution in [1.29, 1.82) is 0 Å². The molecule has 3 aromatic carbocycles. The van der Waals surface area contributed by atoms with Gasteiger partial charge in [0.2, 0.25) is 0 Å². The average molecular weight is 481 g/mol. The van der Waals surface area contributed by atoms with E-state index in [1.54, 1.807) is 0 Å². The molecule has 1 N–H and O–H groups in total. The number of hydrogen-bond acceptors (Lipinski definition) is 4. The zero-order valence-electron chi connectivity index (χ0n) is 21.8. The van der Waals surface area contributed by atoms with Gasteiger partial charge >= 0.3 is 0 Å². The van der Waals surface area contributed by atoms with Crippen LogP contribution in [0.4, 0.5) is 0 Å². The Kier molecular flexibility index (Phi) is 8.44. The van der Waals surface area contributed by atoms with Crippen LogP contribution in [0.3, 0.4) is 0 Å². The summed E-state index contributed by atoms with van der Waals surface area (Å²) in [5.41, 5.74) is 8.16. The van der Waals surface area contributed by atoms with Gasteiger partial charge in [0.25, 0.3) is 5.91 Å². The fraction of sp³-hybridized carbons (Fsp3) is 0.323. The van der Waals surface area contributed by atoms with Crippen LogP contribution in [0.25, 0.3) is 33.5 Å². The molecular formula is C31H36N4O. The van der Waals surface area contributed by atoms with Crippen LogP contribution in [0.1, 0.15) is 48.2 Å². The van der Waals surface area contributed by atoms with Gasteiger partial charge < -0.3 is 10.2 Å². The lowest BCUT2D eigenvalue weighted by molar-refractivity contribution is 0.0948. The molecule has 1 heterocycles. The number of aryl methyl sites for hydroxylation is 2. The molecule has 0 aliphatic heterocycles. The standard InChI is InChI=1S/C31H36N4O/c1-5-16-35(17-6-2)18-15-32-31(36)26-13-14-27-28(21-26)34-30(25-12-8-10-23(4)20-25)29(33-27)24-11-7-9-22(3)19-24/h7-14,19-21H,5-6,15-18H2,1-4H3,(H,32,36). The first kappa shape index (κ1) is 25.5. The molecule has 5 nitrogen and oxygen atoms in total. The molecule has 0 radical (unpaired) electrons. The molecule has 0 fully saturated rings. The number of benzene rings is 3. The van der Waals surface area contributed by atoms with Crippen molar-refractivity contribution in [2.45, 2.75) is 40.5 Å². The molecule has 1 amide bonds. The van der Waals surface area contributed by atoms with Crippen LogP contribution in [-0.4, -0.2) is 47.0 Å². The highest BCUT2D eigenvalue weighted by molar-refractivity contribution is 5.98. The molecule has 0 aliphatic rings. The van der Waals surface area contributed by atoms with Gasteiger partial charge in [-0.15, -0.1) is 0 Å². The number of hydrogen-bond donors (Lipinski definition) is 1. The van der Waals surface area contributed by atoms with Crippen LogP contribution in [0.5, 0.6) is 0 Å². The van der Waals surface area contributed by atoms with Crippen LogP contribution in [0.2, 0.25) is 0 Å². The third kappa shape index (κ3) is 6.16. The van der Waals surface area contributed by atoms with Crippen LogP contribution in [0, 0.1) is 13.8 Å². The third-order valence-corrected chi connectivity index (χ3v) is 6.30. The maximum Gasteiger partial charge on any atom is 0.251 e. The smallest absolute Gasteiger partial charge is 0.251 e. The van der Waals surface area contributed by atoms with Gasteiger partial charge in [0.15, 0.2) is 0 Å². The first-order valence-corrected chi connectivity index (χ1v) is 12.9. The largest absolute Gasteiger partial charge is 0.351 e. The average Bonchev–Trinajstić information content (AvgIpc) is 2.87. The van der Waals surface area contributed by atoms with Crippen molar-refractivity contribution in [3.63, 3.8) is 0 Å². The molecule has 0 saturated carbocycles. The predicted octanol–water partition coefficient (Wildman–Crippen LogP) is 6.43. The van der Waals surface area contributed by atoms with Gasteiger partial charge in [-0.1, -0.05) is 61.4 Å². The minimum Gasteiger partial charge on any atom is -0.351 e. The Morgan fingerprint density at radius 1 is 0.750 bits per heavy atom. The van der Waals surface area contributed by atoms with Crippen LogP contribution < -0.4 is 5.32 Å². The van der Waals surface area contributed by atoms with E-state index < -0.39 is 0 Å². The Morgan fingerprint density at radius 2 is 1.33 bits per heavy atom. The van der Waals surface area contributed by atoms with E-state index >= 15 is 0 Å². The monoisotopic (exact) mass is 480 g/mol. The zero-order valence-corrected chi connectivity index (χ0v) is 21.8. The summed E-state index contributed by atoms with van der Waals surface area (Å²) in [5, 5.41) is 3.08. The Balaban J connectivity index is 1.66. The van der Waals surface area contributed by atoms with Gasteiger partial charge in [0.05, 0.1) is 22.4 Å². The third-order valence-electron chi connectivity index (χ3n) is 6.30. The second-order valence-corrected chi connectivity index (χ2v) is 9.46. The first-order chi connectivity index (χ1) is 17.5. The Hall–Kier alpha value is -3.57. The van der Waals surface area contributed by atoms with Crippen molar-refractivity contribution in [2.75, 3.05) is 26.2 Å². The second-order valence-electron chi connectivity index (χ2n) is 9.46. The number of nitrogens with zero attached hydrogens (tertiary/aromatic N) is 3. The van der Waals surface area contributed by atoms with Crippen LogP contribution in [-0.2, 0) is 0 Å². The van der Waals surface area contributed by atoms with Gasteiger partial charge in [-0.3, -0.25) is 4.79 Å². The molecule has 186 valence electrons. The molecule has 5 heteroatoms. The summed E-state index contributed by atoms with van der Waals surface area (Å²) in [4.78, 5) is 25.4. The summed E-state index contributed by atoms with van der Waals surface area (Å²) >= 11 is 0. The van der Waals surface area contributed by atoms with E-state index in [2.05, 4.69) is 74.3 Å². The minimum atomic E-state index is -0.0773. The highest BCUT2D eigenvalue weighted by atomic mass is 16.1. The van der Waals surface area contributed by atoms with E-state index in [0.717, 1.165) is 66.1 Å². The summed E-state index contributed by atoms with van der Waals surface area (Å²) < 4.78 is 0. The van der Waals surface area contributed by atoms with E-state index in [4.69, 9.17) is 9.97 Å². The lowest BCUT2D eigenvalue weighted by atomic mass is 10.0. The molecule has 4 aromatic rings. The number of aromatic nitrogens is 2. The van der Waals surface area contributed by atoms with Crippen LogP contribution >= 0.6 is 0 Å². The fourth-order valence-corrected chi connectivity index (χ4v) is 4.58. The number of fused-ring (bicyclic) bond motifs is 1. The van der Waals surface area contributed by atoms with E-state index in [1.165, 1.54) is 5.56 Å². The van der Waals surface area contributed by atoms with E-state index in [-0.39, 0.29) is 5.91 Å². The lowest BCUT2D eigenvalue weighted by Crippen LogP contribution is -2.35. The second kappa shape index (κ2) is 11.9. The van der Waals surface area contributed by atoms with Crippen molar-refractivity contribution >= 4 is 16.9 Å². The highest BCUT2D eigenvalue weighted by Gasteiger charge is 2.15. The van der Waals surface area contributed by atoms with Gasteiger partial charge in [-0.25, -0.2) is 9.97 Å². The summed E-state index contributed by atoms with van der Waals surface area (Å²) in [6.45, 7) is 12.1. The summed E-state index contributed by atoms with van der Waals surface area (Å²) in [6, 6.07) is 22.3. The fourth-order valence-electron chi connectivity index (χ4n) is 4.58. The summed E-state index contributed by atoms with van der Waals surface area (Å²) in [7, 11) is 0. The number of carbonyl (C=O) groups is 1. The van der Waals surface area contributed by atoms with Crippen molar-refractivity contribution in [1.82, 2.24) is 20.2 Å². The zero-order chi connectivity index (χ0) is 25.5. The lowest BCUT2D eigenvalue weighted by Gasteiger charge is -2.20. The van der Waals surface area contributed by atoms with Crippen LogP contribution in [0.15, 0.2) is 66.7 Å². The predicted molar refractivity (Wildman–Crippen MR) is 149 cm³/mol. The SMILES string of the molecule is CCCN(CCC)CCNC(=O)c1ccc2nc(-c3cccc(C)c3)c(-c3cccc(C)c3)nc2c1. The number of nitrogens with one attached hydrogen (secondary N) is 1. The Bertz CT molecular complexity index is 1340. The van der Waals surface area contributed by atoms with Crippen molar-refractivity contribution < 1.29 is 4.79 Å². The minimum absolute atomic E-state index is 0.0773. The summed E-state index contributed by atoms with van der Waals surface area (Å²) in [6.07, 6.45) is 2.23. The van der Waals surface area contributed by atoms with Crippen molar-refractivity contribution in [2.24, 2.45) is 0 Å². The molecule has 0 aliphatic carbocycles. The topological polar surface area (TPSA) is 58.1 Å². The molecule has 4 rings (SSSR count). The number of carbonyl (C=O) groups excluding carboxylic acids is 1. The van der Waals surface area contributed by atoms with E-state index in [1.807, 2.05) is 30.3 Å². The first-order valence-electron chi connectivity index (χ1n) is 12.9. The van der Waals surface area contributed by atoms with Gasteiger partial charge in [-0.2, -0.15) is 0 Å². The summed E-state index contributed by atoms with van der Waals surface area (Å²) in [5.74, 6) is -0.0773. The normalized spacial score (nSPS) is 11.2. The van der Waals surface area contributed by atoms with Gasteiger partial charge in [0.1, 0.15) is 0 Å². The molecule has 0 saturated heterocycles. The Labute approximate surface area is 214 Å². The van der Waals surface area contributed by atoms with E-state index in [9.17, 15) is 4.79 Å².